The molecule has 2 rings (SSSR count). The number of hydrogen-bond acceptors (Lipinski definition) is 4. The van der Waals surface area contributed by atoms with Crippen LogP contribution in [0.4, 0.5) is 0 Å². The molecule has 0 radical (unpaired) electrons. The van der Waals surface area contributed by atoms with Crippen LogP contribution in [0.3, 0.4) is 0 Å². The highest BCUT2D eigenvalue weighted by Crippen LogP contribution is 2.33. The maximum Gasteiger partial charge on any atom is 0.244 e. The number of hydrogen-bond donors (Lipinski definition) is 2. The molecule has 20 heavy (non-hydrogen) atoms. The number of benzene rings is 1. The normalized spacial score (nSPS) is 16.9. The molecule has 1 aliphatic rings. The summed E-state index contributed by atoms with van der Waals surface area (Å²) in [6.07, 6.45) is 2.20. The maximum atomic E-state index is 12.4. The van der Waals surface area contributed by atoms with Crippen LogP contribution >= 0.6 is 0 Å². The molecule has 0 amide bonds. The van der Waals surface area contributed by atoms with Gasteiger partial charge >= 0.3 is 0 Å². The highest BCUT2D eigenvalue weighted by Gasteiger charge is 2.32. The molecule has 1 unspecified atom stereocenters. The van der Waals surface area contributed by atoms with E-state index in [0.29, 0.717) is 18.2 Å². The Morgan fingerprint density at radius 1 is 1.40 bits per heavy atom. The third-order valence-corrected chi connectivity index (χ3v) is 5.17. The molecule has 2 N–H and O–H groups in total. The monoisotopic (exact) mass is 298 g/mol. The summed E-state index contributed by atoms with van der Waals surface area (Å²) in [5, 5.41) is 3.03. The van der Waals surface area contributed by atoms with Crippen LogP contribution in [0.15, 0.2) is 23.1 Å². The predicted octanol–water partition coefficient (Wildman–Crippen LogP) is 1.49. The molecule has 1 aromatic carbocycles. The van der Waals surface area contributed by atoms with Crippen molar-refractivity contribution in [2.75, 3.05) is 14.2 Å². The summed E-state index contributed by atoms with van der Waals surface area (Å²) in [6.45, 7) is 2.58. The fourth-order valence-electron chi connectivity index (χ4n) is 2.25. The van der Waals surface area contributed by atoms with Gasteiger partial charge in [0, 0.05) is 12.6 Å². The van der Waals surface area contributed by atoms with E-state index in [1.165, 1.54) is 7.11 Å². The van der Waals surface area contributed by atoms with E-state index < -0.39 is 10.0 Å². The Morgan fingerprint density at radius 3 is 2.65 bits per heavy atom. The van der Waals surface area contributed by atoms with Gasteiger partial charge in [-0.05, 0) is 50.4 Å². The van der Waals surface area contributed by atoms with E-state index in [-0.39, 0.29) is 10.9 Å². The molecule has 0 saturated heterocycles. The molecule has 112 valence electrons. The van der Waals surface area contributed by atoms with E-state index in [1.807, 2.05) is 14.0 Å². The number of rotatable bonds is 7. The third-order valence-electron chi connectivity index (χ3n) is 3.57. The van der Waals surface area contributed by atoms with Crippen LogP contribution in [0.25, 0.3) is 0 Å². The van der Waals surface area contributed by atoms with Crippen LogP contribution in [-0.4, -0.2) is 28.6 Å². The lowest BCUT2D eigenvalue weighted by Crippen LogP contribution is -2.34. The van der Waals surface area contributed by atoms with Gasteiger partial charge in [-0.25, -0.2) is 13.1 Å². The van der Waals surface area contributed by atoms with Gasteiger partial charge in [-0.2, -0.15) is 0 Å². The molecule has 5 nitrogen and oxygen atoms in total. The van der Waals surface area contributed by atoms with Crippen molar-refractivity contribution < 1.29 is 13.2 Å². The number of nitrogens with one attached hydrogen (secondary N) is 2. The van der Waals surface area contributed by atoms with Gasteiger partial charge < -0.3 is 10.1 Å². The second-order valence-corrected chi connectivity index (χ2v) is 6.95. The van der Waals surface area contributed by atoms with Crippen molar-refractivity contribution in [2.45, 2.75) is 37.2 Å². The molecule has 1 aromatic rings. The van der Waals surface area contributed by atoms with Gasteiger partial charge in [-0.1, -0.05) is 6.07 Å². The second kappa shape index (κ2) is 6.11. The zero-order chi connectivity index (χ0) is 14.8. The fourth-order valence-corrected chi connectivity index (χ4v) is 3.71. The Kier molecular flexibility index (Phi) is 4.67. The first-order chi connectivity index (χ1) is 9.47. The molecule has 0 heterocycles. The molecule has 1 aliphatic carbocycles. The van der Waals surface area contributed by atoms with Crippen LogP contribution < -0.4 is 14.8 Å². The van der Waals surface area contributed by atoms with Gasteiger partial charge in [0.25, 0.3) is 0 Å². The van der Waals surface area contributed by atoms with E-state index in [1.54, 1.807) is 18.2 Å². The lowest BCUT2D eigenvalue weighted by molar-refractivity contribution is 0.401. The van der Waals surface area contributed by atoms with Gasteiger partial charge in [-0.15, -0.1) is 0 Å². The molecule has 0 aromatic heterocycles. The summed E-state index contributed by atoms with van der Waals surface area (Å²) < 4.78 is 32.8. The van der Waals surface area contributed by atoms with E-state index in [9.17, 15) is 8.42 Å². The summed E-state index contributed by atoms with van der Waals surface area (Å²) in [7, 11) is -0.203. The van der Waals surface area contributed by atoms with Crippen LogP contribution in [0, 0.1) is 5.92 Å². The standard InChI is InChI=1S/C14H22N2O3S/c1-10(12-5-6-12)16-20(17,18)14-7-4-11(9-15-2)8-13(14)19-3/h4,7-8,10,12,15-16H,5-6,9H2,1-3H3. The molecule has 0 spiro atoms. The largest absolute Gasteiger partial charge is 0.495 e. The minimum absolute atomic E-state index is 0.0262. The van der Waals surface area contributed by atoms with Crippen LogP contribution in [0.2, 0.25) is 0 Å². The van der Waals surface area contributed by atoms with Gasteiger partial charge in [-0.3, -0.25) is 0 Å². The lowest BCUT2D eigenvalue weighted by atomic mass is 10.2. The average Bonchev–Trinajstić information content (AvgIpc) is 3.22. The topological polar surface area (TPSA) is 67.4 Å². The van der Waals surface area contributed by atoms with E-state index in [0.717, 1.165) is 18.4 Å². The molecule has 0 aliphatic heterocycles. The molecular weight excluding hydrogens is 276 g/mol. The van der Waals surface area contributed by atoms with Crippen LogP contribution in [0.5, 0.6) is 5.75 Å². The first kappa shape index (κ1) is 15.3. The Morgan fingerprint density at radius 2 is 2.10 bits per heavy atom. The Hall–Kier alpha value is -1.11. The number of methoxy groups -OCH3 is 1. The van der Waals surface area contributed by atoms with Crippen LogP contribution in [-0.2, 0) is 16.6 Å². The van der Waals surface area contributed by atoms with Crippen molar-refractivity contribution >= 4 is 10.0 Å². The second-order valence-electron chi connectivity index (χ2n) is 5.26. The highest BCUT2D eigenvalue weighted by atomic mass is 32.2. The van der Waals surface area contributed by atoms with Crippen molar-refractivity contribution in [3.05, 3.63) is 23.8 Å². The fraction of sp³-hybridized carbons (Fsp3) is 0.571. The van der Waals surface area contributed by atoms with E-state index in [4.69, 9.17) is 4.74 Å². The highest BCUT2D eigenvalue weighted by molar-refractivity contribution is 7.89. The first-order valence-electron chi connectivity index (χ1n) is 6.81. The van der Waals surface area contributed by atoms with Gasteiger partial charge in [0.05, 0.1) is 7.11 Å². The lowest BCUT2D eigenvalue weighted by Gasteiger charge is -2.16. The van der Waals surface area contributed by atoms with E-state index >= 15 is 0 Å². The minimum Gasteiger partial charge on any atom is -0.495 e. The quantitative estimate of drug-likeness (QED) is 0.800. The summed E-state index contributed by atoms with van der Waals surface area (Å²) >= 11 is 0. The van der Waals surface area contributed by atoms with Crippen molar-refractivity contribution in [3.63, 3.8) is 0 Å². The van der Waals surface area contributed by atoms with Crippen molar-refractivity contribution in [3.8, 4) is 5.75 Å². The van der Waals surface area contributed by atoms with E-state index in [2.05, 4.69) is 10.0 Å². The predicted molar refractivity (Wildman–Crippen MR) is 78.3 cm³/mol. The van der Waals surface area contributed by atoms with Gasteiger partial charge in [0.15, 0.2) is 0 Å². The summed E-state index contributed by atoms with van der Waals surface area (Å²) in [4.78, 5) is 0.201. The molecule has 1 fully saturated rings. The smallest absolute Gasteiger partial charge is 0.244 e. The summed E-state index contributed by atoms with van der Waals surface area (Å²) in [6, 6.07) is 5.14. The summed E-state index contributed by atoms with van der Waals surface area (Å²) in [5.74, 6) is 0.854. The van der Waals surface area contributed by atoms with Gasteiger partial charge in [0.1, 0.15) is 10.6 Å². The molecule has 1 atom stereocenters. The van der Waals surface area contributed by atoms with Crippen LogP contribution in [0.1, 0.15) is 25.3 Å². The number of ether oxygens (including phenoxy) is 1. The van der Waals surface area contributed by atoms with Crippen molar-refractivity contribution in [2.24, 2.45) is 5.92 Å². The van der Waals surface area contributed by atoms with Crippen molar-refractivity contribution in [1.82, 2.24) is 10.0 Å². The Balaban J connectivity index is 2.25. The Bertz CT molecular complexity index is 568. The SMILES string of the molecule is CNCc1ccc(S(=O)(=O)NC(C)C2CC2)c(OC)c1. The average molecular weight is 298 g/mol. The molecule has 0 bridgehead atoms. The number of sulfonamides is 1. The third kappa shape index (κ3) is 3.50. The minimum atomic E-state index is -3.53. The van der Waals surface area contributed by atoms with Gasteiger partial charge in [0.2, 0.25) is 10.0 Å². The molecule has 6 heteroatoms. The molecule has 1 saturated carbocycles. The summed E-state index contributed by atoms with van der Waals surface area (Å²) in [5.41, 5.74) is 0.985. The van der Waals surface area contributed by atoms with Crippen molar-refractivity contribution in [1.29, 1.82) is 0 Å². The zero-order valence-corrected chi connectivity index (χ0v) is 13.0. The zero-order valence-electron chi connectivity index (χ0n) is 12.1. The first-order valence-corrected chi connectivity index (χ1v) is 8.30. The Labute approximate surface area is 120 Å². The molecular formula is C14H22N2O3S. The maximum absolute atomic E-state index is 12.4.